The van der Waals surface area contributed by atoms with Crippen LogP contribution in [0.15, 0.2) is 24.3 Å². The lowest BCUT2D eigenvalue weighted by Crippen LogP contribution is -2.37. The number of carbonyl (C=O) groups is 1. The van der Waals surface area contributed by atoms with Gasteiger partial charge in [0.25, 0.3) is 0 Å². The van der Waals surface area contributed by atoms with Crippen LogP contribution in [0.1, 0.15) is 55.4 Å². The summed E-state index contributed by atoms with van der Waals surface area (Å²) in [5.74, 6) is 3.02. The predicted molar refractivity (Wildman–Crippen MR) is 89.5 cm³/mol. The van der Waals surface area contributed by atoms with Gasteiger partial charge in [-0.15, -0.1) is 0 Å². The van der Waals surface area contributed by atoms with E-state index in [2.05, 4.69) is 4.98 Å². The standard InChI is InChI=1S/C20H23NO2/c22-16-3-4-17-14(8-16)9-18(21-17)19(23)20-5-1-2-13-6-12(10-20)7-15(13)11-20/h3-4,8-9,12-13,15,21-22H,1-2,5-7,10-11H2. The third kappa shape index (κ3) is 1.98. The van der Waals surface area contributed by atoms with Crippen LogP contribution in [0.5, 0.6) is 5.75 Å². The molecule has 3 aliphatic rings. The molecule has 120 valence electrons. The number of aromatic nitrogens is 1. The number of hydrogen-bond donors (Lipinski definition) is 2. The topological polar surface area (TPSA) is 53.1 Å². The SMILES string of the molecule is O=C(c1cc2cc(O)ccc2[nH]1)C12CCCC3CC(CC3C1)C2. The van der Waals surface area contributed by atoms with Gasteiger partial charge in [0.2, 0.25) is 0 Å². The second kappa shape index (κ2) is 4.62. The molecule has 4 atom stereocenters. The van der Waals surface area contributed by atoms with Crippen LogP contribution in [0.25, 0.3) is 10.9 Å². The van der Waals surface area contributed by atoms with Crippen LogP contribution in [0, 0.1) is 23.2 Å². The molecule has 0 amide bonds. The van der Waals surface area contributed by atoms with Crippen molar-refractivity contribution in [2.24, 2.45) is 23.2 Å². The number of phenols is 1. The number of carbonyl (C=O) groups excluding carboxylic acids is 1. The van der Waals surface area contributed by atoms with Gasteiger partial charge in [-0.1, -0.05) is 12.8 Å². The first-order valence-electron chi connectivity index (χ1n) is 8.99. The van der Waals surface area contributed by atoms with Gasteiger partial charge in [0.15, 0.2) is 5.78 Å². The van der Waals surface area contributed by atoms with Crippen molar-refractivity contribution < 1.29 is 9.90 Å². The normalized spacial score (nSPS) is 35.6. The average molecular weight is 309 g/mol. The Balaban J connectivity index is 1.55. The zero-order valence-electron chi connectivity index (χ0n) is 13.3. The van der Waals surface area contributed by atoms with E-state index >= 15 is 0 Å². The second-order valence-electron chi connectivity index (χ2n) is 8.22. The van der Waals surface area contributed by atoms with Gasteiger partial charge >= 0.3 is 0 Å². The van der Waals surface area contributed by atoms with E-state index in [4.69, 9.17) is 0 Å². The average Bonchev–Trinajstić information content (AvgIpc) is 3.02. The first-order valence-corrected chi connectivity index (χ1v) is 8.99. The number of hydrogen-bond acceptors (Lipinski definition) is 2. The molecule has 4 unspecified atom stereocenters. The number of phenolic OH excluding ortho intramolecular Hbond substituents is 1. The minimum absolute atomic E-state index is 0.123. The summed E-state index contributed by atoms with van der Waals surface area (Å²) in [7, 11) is 0. The van der Waals surface area contributed by atoms with E-state index in [0.29, 0.717) is 5.78 Å². The first-order chi connectivity index (χ1) is 11.1. The maximum Gasteiger partial charge on any atom is 0.185 e. The first kappa shape index (κ1) is 13.6. The summed E-state index contributed by atoms with van der Waals surface area (Å²) < 4.78 is 0. The summed E-state index contributed by atoms with van der Waals surface area (Å²) in [6, 6.07) is 7.19. The van der Waals surface area contributed by atoms with Crippen LogP contribution < -0.4 is 0 Å². The molecule has 0 aliphatic heterocycles. The molecular weight excluding hydrogens is 286 g/mol. The van der Waals surface area contributed by atoms with E-state index in [9.17, 15) is 9.90 Å². The maximum absolute atomic E-state index is 13.4. The third-order valence-corrected chi connectivity index (χ3v) is 6.83. The fraction of sp³-hybridized carbons (Fsp3) is 0.550. The van der Waals surface area contributed by atoms with Crippen LogP contribution in [-0.4, -0.2) is 15.9 Å². The highest BCUT2D eigenvalue weighted by molar-refractivity contribution is 6.03. The van der Waals surface area contributed by atoms with Crippen molar-refractivity contribution >= 4 is 16.7 Å². The van der Waals surface area contributed by atoms with E-state index in [1.165, 1.54) is 25.7 Å². The lowest BCUT2D eigenvalue weighted by Gasteiger charge is -2.38. The number of rotatable bonds is 2. The van der Waals surface area contributed by atoms with Gasteiger partial charge in [0, 0.05) is 16.3 Å². The van der Waals surface area contributed by atoms with Crippen molar-refractivity contribution in [2.45, 2.75) is 44.9 Å². The van der Waals surface area contributed by atoms with E-state index in [1.54, 1.807) is 12.1 Å². The van der Waals surface area contributed by atoms with Gasteiger partial charge < -0.3 is 10.1 Å². The number of aromatic hydroxyl groups is 1. The van der Waals surface area contributed by atoms with Crippen molar-refractivity contribution in [1.82, 2.24) is 4.98 Å². The molecule has 3 bridgehead atoms. The van der Waals surface area contributed by atoms with Crippen LogP contribution >= 0.6 is 0 Å². The lowest BCUT2D eigenvalue weighted by atomic mass is 9.64. The molecule has 0 spiro atoms. The van der Waals surface area contributed by atoms with Crippen molar-refractivity contribution in [2.75, 3.05) is 0 Å². The van der Waals surface area contributed by atoms with Crippen LogP contribution in [0.3, 0.4) is 0 Å². The van der Waals surface area contributed by atoms with Gasteiger partial charge in [0.05, 0.1) is 5.69 Å². The van der Waals surface area contributed by atoms with Crippen molar-refractivity contribution in [3.05, 3.63) is 30.0 Å². The molecule has 3 aliphatic carbocycles. The van der Waals surface area contributed by atoms with Crippen LogP contribution in [0.2, 0.25) is 0 Å². The molecule has 2 aromatic rings. The van der Waals surface area contributed by atoms with Gasteiger partial charge in [-0.25, -0.2) is 0 Å². The summed E-state index contributed by atoms with van der Waals surface area (Å²) in [6.07, 6.45) is 8.53. The predicted octanol–water partition coefficient (Wildman–Crippen LogP) is 4.66. The number of Topliss-reactive ketones (excluding diaryl/α,β-unsaturated/α-hetero) is 1. The second-order valence-corrected chi connectivity index (χ2v) is 8.22. The molecule has 0 saturated heterocycles. The highest BCUT2D eigenvalue weighted by Gasteiger charge is 2.53. The summed E-state index contributed by atoms with van der Waals surface area (Å²) in [6.45, 7) is 0. The lowest BCUT2D eigenvalue weighted by molar-refractivity contribution is 0.0606. The molecule has 23 heavy (non-hydrogen) atoms. The largest absolute Gasteiger partial charge is 0.508 e. The monoisotopic (exact) mass is 309 g/mol. The Hall–Kier alpha value is -1.77. The minimum atomic E-state index is -0.123. The summed E-state index contributed by atoms with van der Waals surface area (Å²) in [5, 5.41) is 10.6. The molecule has 5 rings (SSSR count). The van der Waals surface area contributed by atoms with Crippen LogP contribution in [0.4, 0.5) is 0 Å². The fourth-order valence-electron chi connectivity index (χ4n) is 5.98. The number of nitrogens with one attached hydrogen (secondary N) is 1. The highest BCUT2D eigenvalue weighted by atomic mass is 16.3. The van der Waals surface area contributed by atoms with Gasteiger partial charge in [0.1, 0.15) is 5.75 Å². The Morgan fingerprint density at radius 1 is 1.17 bits per heavy atom. The van der Waals surface area contributed by atoms with Gasteiger partial charge in [-0.3, -0.25) is 4.79 Å². The fourth-order valence-corrected chi connectivity index (χ4v) is 5.98. The molecule has 3 saturated carbocycles. The summed E-state index contributed by atoms with van der Waals surface area (Å²) in [5.41, 5.74) is 1.56. The minimum Gasteiger partial charge on any atom is -0.508 e. The quantitative estimate of drug-likeness (QED) is 0.793. The van der Waals surface area contributed by atoms with E-state index < -0.39 is 0 Å². The number of ketones is 1. The Kier molecular flexibility index (Phi) is 2.74. The van der Waals surface area contributed by atoms with E-state index in [-0.39, 0.29) is 11.2 Å². The Bertz CT molecular complexity index is 792. The van der Waals surface area contributed by atoms with E-state index in [1.807, 2.05) is 12.1 Å². The summed E-state index contributed by atoms with van der Waals surface area (Å²) in [4.78, 5) is 16.7. The Morgan fingerprint density at radius 2 is 2.04 bits per heavy atom. The van der Waals surface area contributed by atoms with E-state index in [0.717, 1.165) is 53.6 Å². The number of H-pyrrole nitrogens is 1. The number of benzene rings is 1. The molecule has 3 fully saturated rings. The third-order valence-electron chi connectivity index (χ3n) is 6.83. The molecule has 1 heterocycles. The zero-order chi connectivity index (χ0) is 15.6. The number of aromatic amines is 1. The smallest absolute Gasteiger partial charge is 0.185 e. The zero-order valence-corrected chi connectivity index (χ0v) is 13.3. The Morgan fingerprint density at radius 3 is 2.96 bits per heavy atom. The molecule has 3 heteroatoms. The number of fused-ring (bicyclic) bond motifs is 3. The van der Waals surface area contributed by atoms with Crippen LogP contribution in [-0.2, 0) is 0 Å². The summed E-state index contributed by atoms with van der Waals surface area (Å²) >= 11 is 0. The van der Waals surface area contributed by atoms with Crippen molar-refractivity contribution in [3.8, 4) is 5.75 Å². The van der Waals surface area contributed by atoms with Crippen molar-refractivity contribution in [3.63, 3.8) is 0 Å². The molecule has 0 radical (unpaired) electrons. The maximum atomic E-state index is 13.4. The molecule has 1 aromatic heterocycles. The molecule has 3 nitrogen and oxygen atoms in total. The van der Waals surface area contributed by atoms with Gasteiger partial charge in [-0.05, 0) is 74.1 Å². The van der Waals surface area contributed by atoms with Gasteiger partial charge in [-0.2, -0.15) is 0 Å². The molecule has 1 aromatic carbocycles. The molecule has 2 N–H and O–H groups in total. The highest BCUT2D eigenvalue weighted by Crippen LogP contribution is 2.59. The molecular formula is C20H23NO2. The Labute approximate surface area is 136 Å². The van der Waals surface area contributed by atoms with Crippen molar-refractivity contribution in [1.29, 1.82) is 0 Å².